The minimum Gasteiger partial charge on any atom is -0.497 e. The van der Waals surface area contributed by atoms with Crippen LogP contribution >= 0.6 is 27.5 Å². The molecule has 34 heavy (non-hydrogen) atoms. The highest BCUT2D eigenvalue weighted by atomic mass is 79.9. The highest BCUT2D eigenvalue weighted by Gasteiger charge is 2.37. The summed E-state index contributed by atoms with van der Waals surface area (Å²) in [6.07, 6.45) is -3.21. The summed E-state index contributed by atoms with van der Waals surface area (Å²) >= 11 is 9.72. The molecule has 178 valence electrons. The quantitative estimate of drug-likeness (QED) is 0.351. The molecule has 4 aromatic rings. The first-order valence-electron chi connectivity index (χ1n) is 9.74. The van der Waals surface area contributed by atoms with Gasteiger partial charge in [0.2, 0.25) is 0 Å². The fourth-order valence-electron chi connectivity index (χ4n) is 3.35. The molecule has 0 spiro atoms. The summed E-state index contributed by atoms with van der Waals surface area (Å²) in [5.74, 6) is -0.217. The molecule has 0 radical (unpaired) electrons. The van der Waals surface area contributed by atoms with E-state index in [1.165, 1.54) is 19.1 Å². The van der Waals surface area contributed by atoms with Crippen molar-refractivity contribution in [2.24, 2.45) is 7.05 Å². The van der Waals surface area contributed by atoms with Gasteiger partial charge in [0.1, 0.15) is 10.8 Å². The van der Waals surface area contributed by atoms with Gasteiger partial charge >= 0.3 is 6.18 Å². The monoisotopic (exact) mass is 556 g/mol. The number of halogens is 5. The van der Waals surface area contributed by atoms with E-state index >= 15 is 0 Å². The molecule has 0 atom stereocenters. The Morgan fingerprint density at radius 2 is 2.03 bits per heavy atom. The van der Waals surface area contributed by atoms with E-state index in [0.29, 0.717) is 26.0 Å². The molecule has 1 amide bonds. The topological polar surface area (TPSA) is 77.5 Å². The molecule has 1 aromatic carbocycles. The van der Waals surface area contributed by atoms with Crippen molar-refractivity contribution < 1.29 is 22.7 Å². The van der Waals surface area contributed by atoms with E-state index in [9.17, 15) is 18.0 Å². The molecule has 8 nitrogen and oxygen atoms in total. The van der Waals surface area contributed by atoms with Crippen LogP contribution in [0.3, 0.4) is 0 Å². The third-order valence-corrected chi connectivity index (χ3v) is 6.15. The lowest BCUT2D eigenvalue weighted by molar-refractivity contribution is -0.142. The van der Waals surface area contributed by atoms with E-state index in [0.717, 1.165) is 6.07 Å². The number of aryl methyl sites for hydroxylation is 1. The van der Waals surface area contributed by atoms with E-state index in [1.807, 2.05) is 0 Å². The van der Waals surface area contributed by atoms with Gasteiger partial charge in [-0.3, -0.25) is 9.48 Å². The maximum atomic E-state index is 13.9. The molecule has 3 aromatic heterocycles. The molecule has 0 fully saturated rings. The predicted molar refractivity (Wildman–Crippen MR) is 122 cm³/mol. The van der Waals surface area contributed by atoms with Crippen molar-refractivity contribution in [1.82, 2.24) is 29.3 Å². The van der Waals surface area contributed by atoms with Crippen LogP contribution in [0.2, 0.25) is 5.02 Å². The number of methoxy groups -OCH3 is 1. The van der Waals surface area contributed by atoms with E-state index < -0.39 is 17.8 Å². The van der Waals surface area contributed by atoms with E-state index in [2.05, 4.69) is 31.1 Å². The SMILES string of the molecule is COc1cccc(-c2cc(C(F)(F)F)n3nc(C(=O)N(C)Cc4c(Br)cnn4C)c(Cl)c3n2)c1. The lowest BCUT2D eigenvalue weighted by atomic mass is 10.1. The van der Waals surface area contributed by atoms with Gasteiger partial charge < -0.3 is 9.64 Å². The zero-order chi connectivity index (χ0) is 24.8. The van der Waals surface area contributed by atoms with Gasteiger partial charge in [0.25, 0.3) is 5.91 Å². The molecule has 0 aliphatic heterocycles. The first-order valence-corrected chi connectivity index (χ1v) is 10.9. The van der Waals surface area contributed by atoms with Crippen molar-refractivity contribution >= 4 is 39.1 Å². The average Bonchev–Trinajstić information content (AvgIpc) is 3.31. The highest BCUT2D eigenvalue weighted by Crippen LogP contribution is 2.35. The normalized spacial score (nSPS) is 11.8. The number of alkyl halides is 3. The first kappa shape index (κ1) is 24.0. The summed E-state index contributed by atoms with van der Waals surface area (Å²) in [7, 11) is 4.64. The molecular weight excluding hydrogens is 541 g/mol. The van der Waals surface area contributed by atoms with Crippen molar-refractivity contribution in [2.75, 3.05) is 14.2 Å². The number of hydrogen-bond donors (Lipinski definition) is 0. The summed E-state index contributed by atoms with van der Waals surface area (Å²) in [6, 6.07) is 7.29. The minimum atomic E-state index is -4.78. The van der Waals surface area contributed by atoms with Crippen LogP contribution in [-0.2, 0) is 19.8 Å². The van der Waals surface area contributed by atoms with Crippen LogP contribution in [0.15, 0.2) is 41.0 Å². The lowest BCUT2D eigenvalue weighted by Crippen LogP contribution is -2.28. The second-order valence-corrected chi connectivity index (χ2v) is 8.61. The van der Waals surface area contributed by atoms with Crippen molar-refractivity contribution in [3.63, 3.8) is 0 Å². The first-order chi connectivity index (χ1) is 16.0. The molecule has 3 heterocycles. The molecule has 0 bridgehead atoms. The molecule has 13 heteroatoms. The van der Waals surface area contributed by atoms with Crippen LogP contribution in [0.1, 0.15) is 21.9 Å². The van der Waals surface area contributed by atoms with Crippen LogP contribution in [0, 0.1) is 0 Å². The maximum Gasteiger partial charge on any atom is 0.433 e. The number of amides is 1. The van der Waals surface area contributed by atoms with Gasteiger partial charge in [0.15, 0.2) is 17.0 Å². The average molecular weight is 558 g/mol. The third-order valence-electron chi connectivity index (χ3n) is 5.14. The second kappa shape index (κ2) is 8.91. The maximum absolute atomic E-state index is 13.9. The third kappa shape index (κ3) is 4.34. The molecule has 0 unspecified atom stereocenters. The number of fused-ring (bicyclic) bond motifs is 1. The summed E-state index contributed by atoms with van der Waals surface area (Å²) < 4.78 is 49.8. The summed E-state index contributed by atoms with van der Waals surface area (Å²) in [4.78, 5) is 18.6. The number of carbonyl (C=O) groups excluding carboxylic acids is 1. The van der Waals surface area contributed by atoms with E-state index in [1.54, 1.807) is 42.2 Å². The summed E-state index contributed by atoms with van der Waals surface area (Å²) in [6.45, 7) is 0.120. The number of nitrogens with zero attached hydrogens (tertiary/aromatic N) is 6. The second-order valence-electron chi connectivity index (χ2n) is 7.38. The Morgan fingerprint density at radius 3 is 2.65 bits per heavy atom. The number of carbonyl (C=O) groups is 1. The molecular formula is C21H17BrClF3N6O2. The molecule has 0 saturated carbocycles. The van der Waals surface area contributed by atoms with Crippen molar-refractivity contribution in [3.8, 4) is 17.0 Å². The van der Waals surface area contributed by atoms with Gasteiger partial charge in [-0.15, -0.1) is 0 Å². The Hall–Kier alpha value is -3.12. The Labute approximate surface area is 205 Å². The number of aromatic nitrogens is 5. The zero-order valence-corrected chi connectivity index (χ0v) is 20.4. The van der Waals surface area contributed by atoms with Crippen LogP contribution in [-0.4, -0.2) is 49.3 Å². The number of benzene rings is 1. The smallest absolute Gasteiger partial charge is 0.433 e. The Kier molecular flexibility index (Phi) is 6.30. The van der Waals surface area contributed by atoms with Crippen LogP contribution in [0.5, 0.6) is 5.75 Å². The summed E-state index contributed by atoms with van der Waals surface area (Å²) in [5, 5.41) is 7.70. The lowest BCUT2D eigenvalue weighted by Gasteiger charge is -2.16. The Morgan fingerprint density at radius 1 is 1.29 bits per heavy atom. The van der Waals surface area contributed by atoms with Crippen LogP contribution in [0.4, 0.5) is 13.2 Å². The molecule has 0 aliphatic carbocycles. The largest absolute Gasteiger partial charge is 0.497 e. The minimum absolute atomic E-state index is 0.00620. The fraction of sp³-hybridized carbons (Fsp3) is 0.238. The van der Waals surface area contributed by atoms with Gasteiger partial charge in [-0.1, -0.05) is 23.7 Å². The summed E-state index contributed by atoms with van der Waals surface area (Å²) in [5.41, 5.74) is -0.670. The Balaban J connectivity index is 1.82. The molecule has 4 rings (SSSR count). The highest BCUT2D eigenvalue weighted by molar-refractivity contribution is 9.10. The van der Waals surface area contributed by atoms with Gasteiger partial charge in [0.05, 0.1) is 35.7 Å². The number of rotatable bonds is 5. The van der Waals surface area contributed by atoms with Gasteiger partial charge in [0, 0.05) is 19.7 Å². The molecule has 0 N–H and O–H groups in total. The Bertz CT molecular complexity index is 1380. The predicted octanol–water partition coefficient (Wildman–Crippen LogP) is 4.85. The van der Waals surface area contributed by atoms with Gasteiger partial charge in [-0.25, -0.2) is 9.50 Å². The van der Waals surface area contributed by atoms with Crippen LogP contribution in [0.25, 0.3) is 16.9 Å². The van der Waals surface area contributed by atoms with Crippen molar-refractivity contribution in [2.45, 2.75) is 12.7 Å². The van der Waals surface area contributed by atoms with E-state index in [4.69, 9.17) is 16.3 Å². The standard InChI is InChI=1S/C21H17BrClF3N6O2/c1-30(10-15-13(22)9-27-31(15)2)20(33)18-17(23)19-28-14(11-5-4-6-12(7-11)34-3)8-16(21(24,25)26)32(19)29-18/h4-9H,10H2,1-3H3. The van der Waals surface area contributed by atoms with Crippen molar-refractivity contribution in [1.29, 1.82) is 0 Å². The zero-order valence-electron chi connectivity index (χ0n) is 18.1. The number of hydrogen-bond acceptors (Lipinski definition) is 5. The van der Waals surface area contributed by atoms with Gasteiger partial charge in [-0.05, 0) is 34.1 Å². The molecule has 0 aliphatic rings. The van der Waals surface area contributed by atoms with Crippen LogP contribution < -0.4 is 4.74 Å². The number of ether oxygens (including phenoxy) is 1. The fourth-order valence-corrected chi connectivity index (χ4v) is 4.07. The van der Waals surface area contributed by atoms with Gasteiger partial charge in [-0.2, -0.15) is 23.4 Å². The van der Waals surface area contributed by atoms with Crippen molar-refractivity contribution in [3.05, 3.63) is 63.1 Å². The van der Waals surface area contributed by atoms with E-state index in [-0.39, 0.29) is 28.6 Å². The molecule has 0 saturated heterocycles.